The average Bonchev–Trinajstić information content (AvgIpc) is 3.38. The lowest BCUT2D eigenvalue weighted by molar-refractivity contribution is -0.143. The van der Waals surface area contributed by atoms with Crippen molar-refractivity contribution in [3.05, 3.63) is 48.0 Å². The molecule has 0 aliphatic rings. The largest absolute Gasteiger partial charge is 0.508 e. The maximum atomic E-state index is 13.4. The molecule has 0 spiro atoms. The number of amides is 4. The molecular formula is C25H35N7O7. The molecule has 2 aromatic rings. The molecule has 0 fully saturated rings. The molecule has 0 aliphatic carbocycles. The van der Waals surface area contributed by atoms with E-state index in [1.807, 2.05) is 0 Å². The molecule has 1 aromatic carbocycles. The van der Waals surface area contributed by atoms with Crippen molar-refractivity contribution in [2.75, 3.05) is 0 Å². The number of carboxylic acid groups (broad SMARTS) is 1. The maximum Gasteiger partial charge on any atom is 0.326 e. The first-order valence-electron chi connectivity index (χ1n) is 12.3. The smallest absolute Gasteiger partial charge is 0.326 e. The van der Waals surface area contributed by atoms with Gasteiger partial charge in [-0.05, 0) is 30.0 Å². The number of aromatic amines is 1. The van der Waals surface area contributed by atoms with Crippen LogP contribution in [-0.4, -0.2) is 73.9 Å². The topological polar surface area (TPSA) is 243 Å². The van der Waals surface area contributed by atoms with Gasteiger partial charge in [0.15, 0.2) is 0 Å². The highest BCUT2D eigenvalue weighted by Gasteiger charge is 2.32. The first-order chi connectivity index (χ1) is 18.4. The summed E-state index contributed by atoms with van der Waals surface area (Å²) >= 11 is 0. The summed E-state index contributed by atoms with van der Waals surface area (Å²) < 4.78 is 0. The van der Waals surface area contributed by atoms with Crippen molar-refractivity contribution in [3.63, 3.8) is 0 Å². The summed E-state index contributed by atoms with van der Waals surface area (Å²) in [6.07, 6.45) is 2.61. The number of nitrogens with two attached hydrogens (primary N) is 2. The molecule has 39 heavy (non-hydrogen) atoms. The summed E-state index contributed by atoms with van der Waals surface area (Å²) in [5.41, 5.74) is 12.1. The minimum Gasteiger partial charge on any atom is -0.508 e. The zero-order chi connectivity index (χ0) is 29.1. The molecule has 4 atom stereocenters. The van der Waals surface area contributed by atoms with E-state index in [1.165, 1.54) is 24.7 Å². The number of nitrogens with zero attached hydrogens (tertiary/aromatic N) is 1. The van der Waals surface area contributed by atoms with Crippen LogP contribution in [0, 0.1) is 5.92 Å². The molecule has 0 bridgehead atoms. The average molecular weight is 546 g/mol. The molecule has 1 aromatic heterocycles. The predicted molar refractivity (Wildman–Crippen MR) is 139 cm³/mol. The highest BCUT2D eigenvalue weighted by Crippen LogP contribution is 2.12. The van der Waals surface area contributed by atoms with Crippen LogP contribution in [0.4, 0.5) is 0 Å². The van der Waals surface area contributed by atoms with Crippen LogP contribution in [0.2, 0.25) is 0 Å². The number of carboxylic acids is 1. The number of aliphatic carboxylic acids is 1. The molecule has 0 saturated heterocycles. The second kappa shape index (κ2) is 14.5. The van der Waals surface area contributed by atoms with Crippen molar-refractivity contribution in [1.82, 2.24) is 25.9 Å². The highest BCUT2D eigenvalue weighted by atomic mass is 16.4. The molecule has 14 heteroatoms. The van der Waals surface area contributed by atoms with Crippen molar-refractivity contribution in [3.8, 4) is 5.75 Å². The van der Waals surface area contributed by atoms with Crippen LogP contribution >= 0.6 is 0 Å². The number of phenolic OH excluding ortho intramolecular Hbond substituents is 1. The van der Waals surface area contributed by atoms with Crippen LogP contribution in [0.5, 0.6) is 5.75 Å². The summed E-state index contributed by atoms with van der Waals surface area (Å²) in [6, 6.07) is 1.19. The van der Waals surface area contributed by atoms with Gasteiger partial charge in [-0.15, -0.1) is 0 Å². The van der Waals surface area contributed by atoms with Crippen LogP contribution in [-0.2, 0) is 36.8 Å². The first-order valence-corrected chi connectivity index (χ1v) is 12.3. The van der Waals surface area contributed by atoms with Gasteiger partial charge in [0.05, 0.1) is 12.4 Å². The zero-order valence-corrected chi connectivity index (χ0v) is 21.7. The summed E-state index contributed by atoms with van der Waals surface area (Å²) in [5.74, 6) is -4.49. The van der Waals surface area contributed by atoms with Crippen molar-refractivity contribution in [2.24, 2.45) is 17.4 Å². The van der Waals surface area contributed by atoms with E-state index >= 15 is 0 Å². The number of carbonyl (C=O) groups is 5. The third kappa shape index (κ3) is 10.1. The summed E-state index contributed by atoms with van der Waals surface area (Å²) in [7, 11) is 0. The third-order valence-electron chi connectivity index (χ3n) is 5.89. The highest BCUT2D eigenvalue weighted by molar-refractivity contribution is 5.94. The minimum atomic E-state index is -1.23. The second-order valence-corrected chi connectivity index (χ2v) is 9.45. The molecule has 212 valence electrons. The lowest BCUT2D eigenvalue weighted by Crippen LogP contribution is -2.58. The Bertz CT molecular complexity index is 1140. The predicted octanol–water partition coefficient (Wildman–Crippen LogP) is -1.31. The first kappa shape index (κ1) is 30.8. The molecule has 4 amide bonds. The maximum absolute atomic E-state index is 13.4. The van der Waals surface area contributed by atoms with Gasteiger partial charge in [-0.1, -0.05) is 26.0 Å². The Morgan fingerprint density at radius 3 is 2.08 bits per heavy atom. The zero-order valence-electron chi connectivity index (χ0n) is 21.7. The van der Waals surface area contributed by atoms with Crippen LogP contribution in [0.3, 0.4) is 0 Å². The molecular weight excluding hydrogens is 510 g/mol. The summed E-state index contributed by atoms with van der Waals surface area (Å²) in [4.78, 5) is 68.7. The van der Waals surface area contributed by atoms with E-state index in [-0.39, 0.29) is 31.4 Å². The number of aromatic nitrogens is 2. The van der Waals surface area contributed by atoms with Gasteiger partial charge in [-0.3, -0.25) is 19.2 Å². The number of primary amides is 1. The molecule has 0 radical (unpaired) electrons. The standard InChI is InChI=1S/C25H35N7O7/c1-13(2)21(25(38)39)32-24(37)19(10-15-11-28-12-29-15)31-23(36)18(9-14-3-5-16(33)6-4-14)30-22(35)17(26)7-8-20(27)34/h3-6,11-13,17-19,21,33H,7-10,26H2,1-2H3,(H2,27,34)(H,28,29)(H,30,35)(H,31,36)(H,32,37)(H,38,39). The number of nitrogens with one attached hydrogen (secondary N) is 4. The van der Waals surface area contributed by atoms with Gasteiger partial charge in [0, 0.05) is 31.2 Å². The van der Waals surface area contributed by atoms with Gasteiger partial charge in [0.1, 0.15) is 23.9 Å². The van der Waals surface area contributed by atoms with E-state index in [4.69, 9.17) is 11.5 Å². The van der Waals surface area contributed by atoms with Gasteiger partial charge in [-0.2, -0.15) is 0 Å². The number of H-pyrrole nitrogens is 1. The molecule has 10 N–H and O–H groups in total. The molecule has 1 heterocycles. The number of aromatic hydroxyl groups is 1. The van der Waals surface area contributed by atoms with Gasteiger partial charge >= 0.3 is 5.97 Å². The number of hydrogen-bond donors (Lipinski definition) is 8. The normalized spacial score (nSPS) is 14.1. The Hall–Kier alpha value is -4.46. The van der Waals surface area contributed by atoms with Crippen molar-refractivity contribution < 1.29 is 34.2 Å². The van der Waals surface area contributed by atoms with Gasteiger partial charge < -0.3 is 42.6 Å². The summed E-state index contributed by atoms with van der Waals surface area (Å²) in [5, 5.41) is 26.7. The Balaban J connectivity index is 2.28. The monoisotopic (exact) mass is 545 g/mol. The Kier molecular flexibility index (Phi) is 11.4. The molecule has 2 rings (SSSR count). The number of rotatable bonds is 15. The molecule has 4 unspecified atom stereocenters. The molecule has 14 nitrogen and oxygen atoms in total. The number of phenols is 1. The Labute approximate surface area is 224 Å². The Morgan fingerprint density at radius 2 is 1.54 bits per heavy atom. The number of hydrogen-bond acceptors (Lipinski definition) is 8. The molecule has 0 aliphatic heterocycles. The van der Waals surface area contributed by atoms with E-state index in [0.717, 1.165) is 0 Å². The number of benzene rings is 1. The van der Waals surface area contributed by atoms with E-state index in [9.17, 15) is 34.2 Å². The minimum absolute atomic E-state index is 0.00620. The summed E-state index contributed by atoms with van der Waals surface area (Å²) in [6.45, 7) is 3.26. The number of imidazole rings is 1. The van der Waals surface area contributed by atoms with Crippen molar-refractivity contribution in [2.45, 2.75) is 63.7 Å². The Morgan fingerprint density at radius 1 is 0.949 bits per heavy atom. The van der Waals surface area contributed by atoms with E-state index in [1.54, 1.807) is 26.0 Å². The van der Waals surface area contributed by atoms with Gasteiger partial charge in [-0.25, -0.2) is 9.78 Å². The van der Waals surface area contributed by atoms with Crippen molar-refractivity contribution >= 4 is 29.6 Å². The molecule has 0 saturated carbocycles. The fraction of sp³-hybridized carbons (Fsp3) is 0.440. The van der Waals surface area contributed by atoms with Crippen LogP contribution in [0.15, 0.2) is 36.8 Å². The fourth-order valence-electron chi connectivity index (χ4n) is 3.65. The SMILES string of the molecule is CC(C)C(NC(=O)C(Cc1cnc[nH]1)NC(=O)C(Cc1ccc(O)cc1)NC(=O)C(N)CCC(N)=O)C(=O)O. The van der Waals surface area contributed by atoms with Crippen LogP contribution in [0.25, 0.3) is 0 Å². The number of carbonyl (C=O) groups excluding carboxylic acids is 4. The van der Waals surface area contributed by atoms with Crippen molar-refractivity contribution in [1.29, 1.82) is 0 Å². The van der Waals surface area contributed by atoms with E-state index in [2.05, 4.69) is 25.9 Å². The van der Waals surface area contributed by atoms with Gasteiger partial charge in [0.25, 0.3) is 0 Å². The van der Waals surface area contributed by atoms with E-state index in [0.29, 0.717) is 11.3 Å². The quantitative estimate of drug-likeness (QED) is 0.132. The van der Waals surface area contributed by atoms with Gasteiger partial charge in [0.2, 0.25) is 23.6 Å². The second-order valence-electron chi connectivity index (χ2n) is 9.45. The van der Waals surface area contributed by atoms with Crippen LogP contribution in [0.1, 0.15) is 37.9 Å². The van der Waals surface area contributed by atoms with E-state index < -0.39 is 59.7 Å². The lowest BCUT2D eigenvalue weighted by atomic mass is 10.0. The third-order valence-corrected chi connectivity index (χ3v) is 5.89. The van der Waals surface area contributed by atoms with Crippen LogP contribution < -0.4 is 27.4 Å². The fourth-order valence-corrected chi connectivity index (χ4v) is 3.65. The lowest BCUT2D eigenvalue weighted by Gasteiger charge is -2.26.